The molecular formula is C17H20N2O3S. The maximum Gasteiger partial charge on any atom is 0.241 e. The van der Waals surface area contributed by atoms with Crippen LogP contribution in [0.4, 0.5) is 0 Å². The SMILES string of the molecule is Cc1cccc(S(=O)(=O)NCC(=O)NCCc2ccccc2)c1. The molecule has 2 rings (SSSR count). The molecule has 2 N–H and O–H groups in total. The van der Waals surface area contributed by atoms with Gasteiger partial charge in [-0.25, -0.2) is 13.1 Å². The Hall–Kier alpha value is -2.18. The summed E-state index contributed by atoms with van der Waals surface area (Å²) in [5.41, 5.74) is 1.97. The molecule has 0 heterocycles. The Kier molecular flexibility index (Phi) is 5.90. The van der Waals surface area contributed by atoms with Crippen LogP contribution in [0, 0.1) is 6.92 Å². The van der Waals surface area contributed by atoms with Crippen LogP contribution in [0.5, 0.6) is 0 Å². The highest BCUT2D eigenvalue weighted by Crippen LogP contribution is 2.10. The number of amides is 1. The lowest BCUT2D eigenvalue weighted by Gasteiger charge is -2.08. The molecule has 0 atom stereocenters. The molecule has 0 aliphatic heterocycles. The first-order valence-electron chi connectivity index (χ1n) is 7.34. The van der Waals surface area contributed by atoms with Crippen molar-refractivity contribution in [3.63, 3.8) is 0 Å². The van der Waals surface area contributed by atoms with E-state index in [1.807, 2.05) is 43.3 Å². The summed E-state index contributed by atoms with van der Waals surface area (Å²) in [6.07, 6.45) is 0.706. The summed E-state index contributed by atoms with van der Waals surface area (Å²) in [7, 11) is -3.67. The van der Waals surface area contributed by atoms with E-state index in [0.29, 0.717) is 13.0 Å². The first-order chi connectivity index (χ1) is 11.0. The molecule has 5 nitrogen and oxygen atoms in total. The van der Waals surface area contributed by atoms with Crippen LogP contribution < -0.4 is 10.0 Å². The minimum absolute atomic E-state index is 0.162. The molecule has 1 amide bonds. The molecule has 0 saturated heterocycles. The van der Waals surface area contributed by atoms with Gasteiger partial charge in [-0.3, -0.25) is 4.79 Å². The molecule has 2 aromatic rings. The van der Waals surface area contributed by atoms with Gasteiger partial charge in [0.05, 0.1) is 11.4 Å². The van der Waals surface area contributed by atoms with Crippen LogP contribution in [0.3, 0.4) is 0 Å². The van der Waals surface area contributed by atoms with E-state index in [-0.39, 0.29) is 17.3 Å². The number of sulfonamides is 1. The average molecular weight is 332 g/mol. The summed E-state index contributed by atoms with van der Waals surface area (Å²) in [5, 5.41) is 2.70. The Morgan fingerprint density at radius 1 is 1.04 bits per heavy atom. The lowest BCUT2D eigenvalue weighted by Crippen LogP contribution is -2.37. The number of carbonyl (C=O) groups is 1. The molecule has 23 heavy (non-hydrogen) atoms. The van der Waals surface area contributed by atoms with Gasteiger partial charge in [0, 0.05) is 6.54 Å². The third-order valence-corrected chi connectivity index (χ3v) is 4.70. The fraction of sp³-hybridized carbons (Fsp3) is 0.235. The molecule has 122 valence electrons. The lowest BCUT2D eigenvalue weighted by atomic mass is 10.1. The van der Waals surface area contributed by atoms with Gasteiger partial charge in [-0.15, -0.1) is 0 Å². The van der Waals surface area contributed by atoms with E-state index in [9.17, 15) is 13.2 Å². The second-order valence-corrected chi connectivity index (χ2v) is 6.99. The number of hydrogen-bond acceptors (Lipinski definition) is 3. The topological polar surface area (TPSA) is 75.3 Å². The average Bonchev–Trinajstić information content (AvgIpc) is 2.54. The minimum atomic E-state index is -3.67. The number of benzene rings is 2. The van der Waals surface area contributed by atoms with Gasteiger partial charge in [0.15, 0.2) is 0 Å². The zero-order chi connectivity index (χ0) is 16.7. The molecule has 6 heteroatoms. The Morgan fingerprint density at radius 2 is 1.78 bits per heavy atom. The standard InChI is InChI=1S/C17H20N2O3S/c1-14-6-5-9-16(12-14)23(21,22)19-13-17(20)18-11-10-15-7-3-2-4-8-15/h2-9,12,19H,10-11,13H2,1H3,(H,18,20). The van der Waals surface area contributed by atoms with Gasteiger partial charge in [0.2, 0.25) is 15.9 Å². The van der Waals surface area contributed by atoms with Gasteiger partial charge in [-0.1, -0.05) is 42.5 Å². The van der Waals surface area contributed by atoms with E-state index >= 15 is 0 Å². The van der Waals surface area contributed by atoms with Crippen LogP contribution in [0.2, 0.25) is 0 Å². The summed E-state index contributed by atoms with van der Waals surface area (Å²) in [6.45, 7) is 2.01. The fourth-order valence-corrected chi connectivity index (χ4v) is 3.17. The van der Waals surface area contributed by atoms with Crippen molar-refractivity contribution in [1.82, 2.24) is 10.0 Å². The zero-order valence-electron chi connectivity index (χ0n) is 13.0. The molecule has 0 saturated carbocycles. The Labute approximate surface area is 136 Å². The second-order valence-electron chi connectivity index (χ2n) is 5.23. The van der Waals surface area contributed by atoms with Crippen molar-refractivity contribution >= 4 is 15.9 Å². The monoisotopic (exact) mass is 332 g/mol. The number of rotatable bonds is 7. The van der Waals surface area contributed by atoms with E-state index < -0.39 is 10.0 Å². The predicted molar refractivity (Wildman–Crippen MR) is 89.5 cm³/mol. The molecule has 2 aromatic carbocycles. The largest absolute Gasteiger partial charge is 0.355 e. The van der Waals surface area contributed by atoms with Crippen molar-refractivity contribution in [2.24, 2.45) is 0 Å². The molecular weight excluding hydrogens is 312 g/mol. The number of carbonyl (C=O) groups excluding carboxylic acids is 1. The maximum atomic E-state index is 12.1. The Balaban J connectivity index is 1.79. The molecule has 0 fully saturated rings. The van der Waals surface area contributed by atoms with Crippen LogP contribution in [-0.2, 0) is 21.2 Å². The highest BCUT2D eigenvalue weighted by Gasteiger charge is 2.15. The normalized spacial score (nSPS) is 11.2. The zero-order valence-corrected chi connectivity index (χ0v) is 13.8. The quantitative estimate of drug-likeness (QED) is 0.809. The van der Waals surface area contributed by atoms with Crippen molar-refractivity contribution in [1.29, 1.82) is 0 Å². The molecule has 0 aliphatic carbocycles. The highest BCUT2D eigenvalue weighted by atomic mass is 32.2. The Morgan fingerprint density at radius 3 is 2.48 bits per heavy atom. The summed E-state index contributed by atoms with van der Waals surface area (Å²) < 4.78 is 26.5. The third-order valence-electron chi connectivity index (χ3n) is 3.30. The van der Waals surface area contributed by atoms with Crippen LogP contribution in [0.1, 0.15) is 11.1 Å². The van der Waals surface area contributed by atoms with Crippen molar-refractivity contribution in [2.75, 3.05) is 13.1 Å². The van der Waals surface area contributed by atoms with Gasteiger partial charge in [-0.2, -0.15) is 0 Å². The molecule has 0 aromatic heterocycles. The number of hydrogen-bond donors (Lipinski definition) is 2. The smallest absolute Gasteiger partial charge is 0.241 e. The van der Waals surface area contributed by atoms with Gasteiger partial charge < -0.3 is 5.32 Å². The lowest BCUT2D eigenvalue weighted by molar-refractivity contribution is -0.119. The first-order valence-corrected chi connectivity index (χ1v) is 8.83. The number of nitrogens with one attached hydrogen (secondary N) is 2. The van der Waals surface area contributed by atoms with E-state index in [1.54, 1.807) is 12.1 Å². The van der Waals surface area contributed by atoms with Crippen molar-refractivity contribution in [3.05, 3.63) is 65.7 Å². The van der Waals surface area contributed by atoms with Gasteiger partial charge in [0.1, 0.15) is 0 Å². The fourth-order valence-electron chi connectivity index (χ4n) is 2.08. The van der Waals surface area contributed by atoms with Crippen molar-refractivity contribution in [2.45, 2.75) is 18.2 Å². The Bertz CT molecular complexity index is 758. The minimum Gasteiger partial charge on any atom is -0.355 e. The molecule has 0 radical (unpaired) electrons. The van der Waals surface area contributed by atoms with Crippen molar-refractivity contribution < 1.29 is 13.2 Å². The van der Waals surface area contributed by atoms with Gasteiger partial charge >= 0.3 is 0 Å². The second kappa shape index (κ2) is 7.89. The number of aryl methyl sites for hydroxylation is 1. The predicted octanol–water partition coefficient (Wildman–Crippen LogP) is 1.63. The van der Waals surface area contributed by atoms with Crippen LogP contribution >= 0.6 is 0 Å². The summed E-state index contributed by atoms with van der Waals surface area (Å²) in [4.78, 5) is 11.9. The van der Waals surface area contributed by atoms with E-state index in [4.69, 9.17) is 0 Å². The molecule has 0 spiro atoms. The van der Waals surface area contributed by atoms with Crippen LogP contribution in [-0.4, -0.2) is 27.4 Å². The van der Waals surface area contributed by atoms with E-state index in [2.05, 4.69) is 10.0 Å². The summed E-state index contributed by atoms with van der Waals surface area (Å²) in [5.74, 6) is -0.350. The van der Waals surface area contributed by atoms with Crippen molar-refractivity contribution in [3.8, 4) is 0 Å². The molecule has 0 unspecified atom stereocenters. The molecule has 0 bridgehead atoms. The molecule has 0 aliphatic rings. The summed E-state index contributed by atoms with van der Waals surface area (Å²) >= 11 is 0. The highest BCUT2D eigenvalue weighted by molar-refractivity contribution is 7.89. The van der Waals surface area contributed by atoms with E-state index in [1.165, 1.54) is 6.07 Å². The van der Waals surface area contributed by atoms with Crippen LogP contribution in [0.15, 0.2) is 59.5 Å². The van der Waals surface area contributed by atoms with Gasteiger partial charge in [-0.05, 0) is 36.6 Å². The summed E-state index contributed by atoms with van der Waals surface area (Å²) in [6, 6.07) is 16.3. The van der Waals surface area contributed by atoms with Gasteiger partial charge in [0.25, 0.3) is 0 Å². The maximum absolute atomic E-state index is 12.1. The van der Waals surface area contributed by atoms with Crippen LogP contribution in [0.25, 0.3) is 0 Å². The van der Waals surface area contributed by atoms with E-state index in [0.717, 1.165) is 11.1 Å². The first kappa shape index (κ1) is 17.2. The third kappa shape index (κ3) is 5.50.